The lowest BCUT2D eigenvalue weighted by molar-refractivity contribution is -0.0884. The lowest BCUT2D eigenvalue weighted by Gasteiger charge is -2.44. The van der Waals surface area contributed by atoms with Gasteiger partial charge >= 0.3 is 16.4 Å². The summed E-state index contributed by atoms with van der Waals surface area (Å²) < 4.78 is 111. The predicted octanol–water partition coefficient (Wildman–Crippen LogP) is 6.80. The molecule has 2 aliphatic heterocycles. The Bertz CT molecular complexity index is 2490. The van der Waals surface area contributed by atoms with Crippen molar-refractivity contribution in [1.82, 2.24) is 18.8 Å². The summed E-state index contributed by atoms with van der Waals surface area (Å²) >= 11 is 0. The third kappa shape index (κ3) is 8.23. The average Bonchev–Trinajstić information content (AvgIpc) is 3.62. The van der Waals surface area contributed by atoms with E-state index in [1.54, 1.807) is 6.92 Å². The summed E-state index contributed by atoms with van der Waals surface area (Å²) in [5.74, 6) is -4.79. The molecule has 1 spiro atoms. The maximum Gasteiger partial charge on any atom is 0.454 e. The summed E-state index contributed by atoms with van der Waals surface area (Å²) in [4.78, 5) is 32.5. The number of anilines is 2. The standard InChI is InChI=1S/C40H42F5N7O6S/c1-3-50(2)59(55,56)49-33-13-11-31(41)36(30(33)20-46)58-26-8-12-32-29(18-26)38(54)52(22-48-32)25-19-39(57-21-25)14-16-51(17-15-39)24-6-4-23(5-7-24)27-9-10-28(35(47)34(27)42)37(53)40(43,44)45/h8-13,18,22-25,49H,3-7,14-17,19,21,47H2,1-2H3/t23?,24?,25-/m1/s1. The van der Waals surface area contributed by atoms with Crippen molar-refractivity contribution >= 4 is 38.3 Å². The number of likely N-dealkylation sites (tertiary alicyclic amines) is 1. The molecular formula is C40H42F5N7O6S. The summed E-state index contributed by atoms with van der Waals surface area (Å²) in [5, 5.41) is 10.1. The second-order valence-corrected chi connectivity index (χ2v) is 17.1. The number of piperidine rings is 1. The highest BCUT2D eigenvalue weighted by atomic mass is 32.2. The quantitative estimate of drug-likeness (QED) is 0.0983. The highest BCUT2D eigenvalue weighted by Gasteiger charge is 2.45. The van der Waals surface area contributed by atoms with Crippen LogP contribution in [0, 0.1) is 23.0 Å². The van der Waals surface area contributed by atoms with Gasteiger partial charge < -0.3 is 20.1 Å². The van der Waals surface area contributed by atoms with Gasteiger partial charge in [-0.25, -0.2) is 13.8 Å². The highest BCUT2D eigenvalue weighted by molar-refractivity contribution is 7.90. The fourth-order valence-electron chi connectivity index (χ4n) is 8.47. The fourth-order valence-corrected chi connectivity index (χ4v) is 9.41. The van der Waals surface area contributed by atoms with Crippen molar-refractivity contribution in [1.29, 1.82) is 5.26 Å². The molecule has 314 valence electrons. The lowest BCUT2D eigenvalue weighted by atomic mass is 9.79. The van der Waals surface area contributed by atoms with Crippen LogP contribution in [0.15, 0.2) is 53.6 Å². The molecule has 1 aliphatic carbocycles. The molecule has 0 bridgehead atoms. The van der Waals surface area contributed by atoms with Gasteiger partial charge in [-0.1, -0.05) is 13.0 Å². The lowest BCUT2D eigenvalue weighted by Crippen LogP contribution is -2.49. The van der Waals surface area contributed by atoms with E-state index in [0.717, 1.165) is 48.4 Å². The molecule has 3 fully saturated rings. The van der Waals surface area contributed by atoms with Crippen molar-refractivity contribution in [2.45, 2.75) is 81.6 Å². The minimum absolute atomic E-state index is 0.0281. The van der Waals surface area contributed by atoms with Gasteiger partial charge in [0.1, 0.15) is 23.2 Å². The number of alkyl halides is 3. The molecule has 2 saturated heterocycles. The highest BCUT2D eigenvalue weighted by Crippen LogP contribution is 2.44. The minimum Gasteiger partial charge on any atom is -0.453 e. The zero-order valence-electron chi connectivity index (χ0n) is 32.2. The smallest absolute Gasteiger partial charge is 0.453 e. The molecule has 19 heteroatoms. The van der Waals surface area contributed by atoms with Crippen molar-refractivity contribution in [3.8, 4) is 17.6 Å². The Labute approximate surface area is 336 Å². The van der Waals surface area contributed by atoms with Crippen LogP contribution < -0.4 is 20.8 Å². The Kier molecular flexibility index (Phi) is 11.5. The molecule has 0 unspecified atom stereocenters. The maximum absolute atomic E-state index is 15.2. The van der Waals surface area contributed by atoms with Crippen molar-refractivity contribution in [3.05, 3.63) is 87.5 Å². The number of nitriles is 1. The largest absolute Gasteiger partial charge is 0.454 e. The summed E-state index contributed by atoms with van der Waals surface area (Å²) in [6.45, 7) is 3.53. The van der Waals surface area contributed by atoms with Crippen molar-refractivity contribution < 1.29 is 44.6 Å². The van der Waals surface area contributed by atoms with Crippen molar-refractivity contribution in [2.24, 2.45) is 0 Å². The van der Waals surface area contributed by atoms with Gasteiger partial charge in [-0.15, -0.1) is 0 Å². The van der Waals surface area contributed by atoms with Gasteiger partial charge in [0, 0.05) is 32.7 Å². The molecule has 1 saturated carbocycles. The van der Waals surface area contributed by atoms with Gasteiger partial charge in [0.25, 0.3) is 11.3 Å². The van der Waals surface area contributed by atoms with Crippen LogP contribution in [-0.4, -0.2) is 84.1 Å². The van der Waals surface area contributed by atoms with Crippen LogP contribution in [0.1, 0.15) is 85.3 Å². The first-order valence-corrected chi connectivity index (χ1v) is 20.6. The number of ether oxygens (including phenoxy) is 2. The molecule has 3 aromatic carbocycles. The Morgan fingerprint density at radius 3 is 2.47 bits per heavy atom. The topological polar surface area (TPSA) is 173 Å². The number of nitrogen functional groups attached to an aromatic ring is 1. The second-order valence-electron chi connectivity index (χ2n) is 15.3. The number of fused-ring (bicyclic) bond motifs is 1. The van der Waals surface area contributed by atoms with Crippen LogP contribution >= 0.6 is 0 Å². The Morgan fingerprint density at radius 2 is 1.81 bits per heavy atom. The Morgan fingerprint density at radius 1 is 1.10 bits per heavy atom. The molecule has 0 amide bonds. The van der Waals surface area contributed by atoms with Crippen molar-refractivity contribution in [2.75, 3.05) is 43.7 Å². The molecule has 7 rings (SSSR count). The molecule has 59 heavy (non-hydrogen) atoms. The van der Waals surface area contributed by atoms with Gasteiger partial charge in [0.2, 0.25) is 0 Å². The number of Topliss-reactive ketones (excluding diaryl/α,β-unsaturated/α-hetero) is 1. The number of carbonyl (C=O) groups excluding carboxylic acids is 1. The number of rotatable bonds is 10. The number of hydrogen-bond acceptors (Lipinski definition) is 10. The van der Waals surface area contributed by atoms with E-state index in [1.165, 1.54) is 42.2 Å². The zero-order chi connectivity index (χ0) is 42.4. The van der Waals surface area contributed by atoms with E-state index in [-0.39, 0.29) is 64.7 Å². The summed E-state index contributed by atoms with van der Waals surface area (Å²) in [7, 11) is -2.69. The number of aromatic nitrogens is 2. The van der Waals surface area contributed by atoms with Gasteiger partial charge in [-0.3, -0.25) is 18.9 Å². The average molecular weight is 844 g/mol. The molecule has 0 radical (unpaired) electrons. The van der Waals surface area contributed by atoms with E-state index in [0.29, 0.717) is 37.6 Å². The van der Waals surface area contributed by atoms with Gasteiger partial charge in [-0.2, -0.15) is 31.2 Å². The van der Waals surface area contributed by atoms with Crippen LogP contribution in [-0.2, 0) is 14.9 Å². The number of halogens is 5. The predicted molar refractivity (Wildman–Crippen MR) is 207 cm³/mol. The SMILES string of the molecule is CCN(C)S(=O)(=O)Nc1ccc(F)c(Oc2ccc3ncn([C@H]4COC5(CCN(C6CCC(c7ccc(C(=O)C(F)(F)F)c(N)c7F)CC6)CC5)C4)c(=O)c3c2)c1C#N. The number of benzene rings is 3. The van der Waals surface area contributed by atoms with Crippen LogP contribution in [0.25, 0.3) is 10.9 Å². The van der Waals surface area contributed by atoms with Crippen LogP contribution in [0.2, 0.25) is 0 Å². The van der Waals surface area contributed by atoms with Crippen LogP contribution in [0.5, 0.6) is 11.5 Å². The van der Waals surface area contributed by atoms with Crippen LogP contribution in [0.4, 0.5) is 33.3 Å². The van der Waals surface area contributed by atoms with E-state index in [2.05, 4.69) is 14.6 Å². The number of nitrogens with two attached hydrogens (primary N) is 1. The molecular weight excluding hydrogens is 802 g/mol. The molecule has 3 aliphatic rings. The maximum atomic E-state index is 15.2. The van der Waals surface area contributed by atoms with Gasteiger partial charge in [0.05, 0.1) is 52.4 Å². The number of nitrogens with zero attached hydrogens (tertiary/aromatic N) is 5. The third-order valence-electron chi connectivity index (χ3n) is 11.9. The summed E-state index contributed by atoms with van der Waals surface area (Å²) in [6.07, 6.45) is 1.03. The monoisotopic (exact) mass is 843 g/mol. The molecule has 3 N–H and O–H groups in total. The molecule has 13 nitrogen and oxygen atoms in total. The van der Waals surface area contributed by atoms with Crippen LogP contribution in [0.3, 0.4) is 0 Å². The number of carbonyl (C=O) groups is 1. The Hall–Kier alpha value is -5.16. The first-order valence-electron chi connectivity index (χ1n) is 19.2. The third-order valence-corrected chi connectivity index (χ3v) is 13.5. The molecule has 1 atom stereocenters. The molecule has 1 aromatic heterocycles. The number of ketones is 1. The van der Waals surface area contributed by atoms with Gasteiger partial charge in [0.15, 0.2) is 11.6 Å². The Balaban J connectivity index is 0.992. The number of hydrogen-bond donors (Lipinski definition) is 2. The van der Waals surface area contributed by atoms with E-state index in [9.17, 15) is 36.4 Å². The van der Waals surface area contributed by atoms with E-state index >= 15 is 8.78 Å². The first-order chi connectivity index (χ1) is 27.9. The minimum atomic E-state index is -5.16. The second kappa shape index (κ2) is 16.1. The number of nitrogens with one attached hydrogen (secondary N) is 1. The van der Waals surface area contributed by atoms with E-state index in [4.69, 9.17) is 15.2 Å². The van der Waals surface area contributed by atoms with Gasteiger partial charge in [-0.05, 0) is 92.8 Å². The van der Waals surface area contributed by atoms with E-state index in [1.807, 2.05) is 6.07 Å². The summed E-state index contributed by atoms with van der Waals surface area (Å²) in [6, 6.07) is 10.4. The zero-order valence-corrected chi connectivity index (χ0v) is 33.0. The summed E-state index contributed by atoms with van der Waals surface area (Å²) in [5.41, 5.74) is 3.19. The molecule has 3 heterocycles. The first kappa shape index (κ1) is 42.0. The van der Waals surface area contributed by atoms with E-state index < -0.39 is 56.4 Å². The fraction of sp³-hybridized carbons (Fsp3) is 0.450. The normalized spacial score (nSPS) is 21.2. The molecule has 4 aromatic rings. The van der Waals surface area contributed by atoms with Crippen molar-refractivity contribution in [3.63, 3.8) is 0 Å².